The SMILES string of the molecule is CCCC(C)(C)Oc1ccc(O)c(F)c1F. The molecule has 4 heteroatoms. The molecular formula is C12H16F2O2. The Morgan fingerprint density at radius 3 is 2.44 bits per heavy atom. The van der Waals surface area contributed by atoms with Crippen molar-refractivity contribution >= 4 is 0 Å². The number of hydrogen-bond donors (Lipinski definition) is 1. The largest absolute Gasteiger partial charge is 0.505 e. The lowest BCUT2D eigenvalue weighted by Gasteiger charge is -2.26. The molecule has 1 aromatic carbocycles. The number of ether oxygens (including phenoxy) is 1. The van der Waals surface area contributed by atoms with Crippen molar-refractivity contribution in [1.82, 2.24) is 0 Å². The number of hydrogen-bond acceptors (Lipinski definition) is 2. The fourth-order valence-electron chi connectivity index (χ4n) is 1.55. The highest BCUT2D eigenvalue weighted by Gasteiger charge is 2.22. The van der Waals surface area contributed by atoms with E-state index in [-0.39, 0.29) is 5.75 Å². The number of phenolic OH excluding ortho intramolecular Hbond substituents is 1. The molecule has 16 heavy (non-hydrogen) atoms. The van der Waals surface area contributed by atoms with E-state index in [4.69, 9.17) is 9.84 Å². The summed E-state index contributed by atoms with van der Waals surface area (Å²) in [5, 5.41) is 8.96. The second-order valence-electron chi connectivity index (χ2n) is 4.32. The third-order valence-corrected chi connectivity index (χ3v) is 2.26. The first-order valence-corrected chi connectivity index (χ1v) is 5.23. The summed E-state index contributed by atoms with van der Waals surface area (Å²) < 4.78 is 31.8. The summed E-state index contributed by atoms with van der Waals surface area (Å²) in [6.07, 6.45) is 1.62. The predicted molar refractivity (Wildman–Crippen MR) is 57.6 cm³/mol. The monoisotopic (exact) mass is 230 g/mol. The van der Waals surface area contributed by atoms with Crippen molar-refractivity contribution in [3.8, 4) is 11.5 Å². The third-order valence-electron chi connectivity index (χ3n) is 2.26. The van der Waals surface area contributed by atoms with Crippen molar-refractivity contribution < 1.29 is 18.6 Å². The first-order chi connectivity index (χ1) is 7.37. The lowest BCUT2D eigenvalue weighted by Crippen LogP contribution is -2.28. The molecule has 0 saturated carbocycles. The Bertz CT molecular complexity index is 376. The molecule has 0 amide bonds. The Morgan fingerprint density at radius 1 is 1.25 bits per heavy atom. The van der Waals surface area contributed by atoms with E-state index in [9.17, 15) is 8.78 Å². The van der Waals surface area contributed by atoms with E-state index in [1.54, 1.807) is 13.8 Å². The van der Waals surface area contributed by atoms with Crippen molar-refractivity contribution in [3.63, 3.8) is 0 Å². The number of aromatic hydroxyl groups is 1. The molecule has 0 fully saturated rings. The number of rotatable bonds is 4. The van der Waals surface area contributed by atoms with Crippen LogP contribution >= 0.6 is 0 Å². The summed E-state index contributed by atoms with van der Waals surface area (Å²) in [5.41, 5.74) is -0.557. The maximum Gasteiger partial charge on any atom is 0.204 e. The van der Waals surface area contributed by atoms with Gasteiger partial charge in [-0.25, -0.2) is 0 Å². The average Bonchev–Trinajstić information content (AvgIpc) is 2.19. The maximum atomic E-state index is 13.4. The molecule has 0 aliphatic carbocycles. The smallest absolute Gasteiger partial charge is 0.204 e. The quantitative estimate of drug-likeness (QED) is 0.855. The van der Waals surface area contributed by atoms with E-state index in [0.717, 1.165) is 18.9 Å². The molecule has 0 aromatic heterocycles. The fraction of sp³-hybridized carbons (Fsp3) is 0.500. The summed E-state index contributed by atoms with van der Waals surface area (Å²) in [6.45, 7) is 5.60. The van der Waals surface area contributed by atoms with Gasteiger partial charge in [-0.1, -0.05) is 13.3 Å². The summed E-state index contributed by atoms with van der Waals surface area (Å²) in [4.78, 5) is 0. The molecule has 1 aromatic rings. The zero-order valence-corrected chi connectivity index (χ0v) is 9.68. The highest BCUT2D eigenvalue weighted by molar-refractivity contribution is 5.34. The Morgan fingerprint density at radius 2 is 1.88 bits per heavy atom. The van der Waals surface area contributed by atoms with Crippen molar-refractivity contribution in [2.45, 2.75) is 39.2 Å². The summed E-state index contributed by atoms with van der Waals surface area (Å²) in [6, 6.07) is 2.31. The van der Waals surface area contributed by atoms with E-state index < -0.39 is 23.0 Å². The van der Waals surface area contributed by atoms with Gasteiger partial charge >= 0.3 is 0 Å². The Kier molecular flexibility index (Phi) is 3.73. The van der Waals surface area contributed by atoms with Crippen LogP contribution in [0, 0.1) is 11.6 Å². The highest BCUT2D eigenvalue weighted by Crippen LogP contribution is 2.30. The van der Waals surface area contributed by atoms with Crippen LogP contribution in [0.2, 0.25) is 0 Å². The third kappa shape index (κ3) is 2.84. The van der Waals surface area contributed by atoms with Crippen LogP contribution in [0.5, 0.6) is 11.5 Å². The molecule has 0 atom stereocenters. The molecule has 1 N–H and O–H groups in total. The van der Waals surface area contributed by atoms with Gasteiger partial charge in [0.1, 0.15) is 5.60 Å². The van der Waals surface area contributed by atoms with Crippen molar-refractivity contribution in [1.29, 1.82) is 0 Å². The van der Waals surface area contributed by atoms with Crippen molar-refractivity contribution in [2.75, 3.05) is 0 Å². The molecule has 0 aliphatic heterocycles. The lowest BCUT2D eigenvalue weighted by atomic mass is 10.0. The Labute approximate surface area is 93.9 Å². The Hall–Kier alpha value is -1.32. The second-order valence-corrected chi connectivity index (χ2v) is 4.32. The average molecular weight is 230 g/mol. The predicted octanol–water partition coefficient (Wildman–Crippen LogP) is 3.63. The van der Waals surface area contributed by atoms with Crippen LogP contribution in [-0.2, 0) is 0 Å². The van der Waals surface area contributed by atoms with Gasteiger partial charge in [0.05, 0.1) is 0 Å². The molecule has 0 unspecified atom stereocenters. The van der Waals surface area contributed by atoms with Crippen LogP contribution in [0.15, 0.2) is 12.1 Å². The van der Waals surface area contributed by atoms with Crippen molar-refractivity contribution in [2.24, 2.45) is 0 Å². The van der Waals surface area contributed by atoms with Gasteiger partial charge < -0.3 is 9.84 Å². The van der Waals surface area contributed by atoms with Crippen LogP contribution in [0.4, 0.5) is 8.78 Å². The minimum absolute atomic E-state index is 0.172. The van der Waals surface area contributed by atoms with E-state index in [2.05, 4.69) is 0 Å². The van der Waals surface area contributed by atoms with Gasteiger partial charge in [0.15, 0.2) is 11.5 Å². The van der Waals surface area contributed by atoms with Gasteiger partial charge in [0.2, 0.25) is 11.6 Å². The number of benzene rings is 1. The number of halogens is 2. The molecule has 0 heterocycles. The van der Waals surface area contributed by atoms with E-state index in [0.29, 0.717) is 0 Å². The van der Waals surface area contributed by atoms with Crippen LogP contribution in [0.25, 0.3) is 0 Å². The number of phenols is 1. The zero-order chi connectivity index (χ0) is 12.3. The first-order valence-electron chi connectivity index (χ1n) is 5.23. The summed E-state index contributed by atoms with van der Waals surface area (Å²) in [5.74, 6) is -3.30. The molecule has 0 bridgehead atoms. The molecule has 2 nitrogen and oxygen atoms in total. The molecule has 90 valence electrons. The van der Waals surface area contributed by atoms with E-state index in [1.165, 1.54) is 6.07 Å². The minimum Gasteiger partial charge on any atom is -0.505 e. The Balaban J connectivity index is 2.94. The lowest BCUT2D eigenvalue weighted by molar-refractivity contribution is 0.0918. The van der Waals surface area contributed by atoms with Gasteiger partial charge in [0.25, 0.3) is 0 Å². The standard InChI is InChI=1S/C12H16F2O2/c1-4-7-12(2,3)16-9-6-5-8(15)10(13)11(9)14/h5-6,15H,4,7H2,1-3H3. The topological polar surface area (TPSA) is 29.5 Å². The van der Waals surface area contributed by atoms with Gasteiger partial charge in [-0.3, -0.25) is 0 Å². The summed E-state index contributed by atoms with van der Waals surface area (Å²) >= 11 is 0. The van der Waals surface area contributed by atoms with Crippen molar-refractivity contribution in [3.05, 3.63) is 23.8 Å². The van der Waals surface area contributed by atoms with Gasteiger partial charge in [-0.15, -0.1) is 0 Å². The van der Waals surface area contributed by atoms with Crippen LogP contribution < -0.4 is 4.74 Å². The van der Waals surface area contributed by atoms with Crippen LogP contribution in [-0.4, -0.2) is 10.7 Å². The molecular weight excluding hydrogens is 214 g/mol. The highest BCUT2D eigenvalue weighted by atomic mass is 19.2. The fourth-order valence-corrected chi connectivity index (χ4v) is 1.55. The van der Waals surface area contributed by atoms with Gasteiger partial charge in [-0.2, -0.15) is 8.78 Å². The summed E-state index contributed by atoms with van der Waals surface area (Å²) in [7, 11) is 0. The molecule has 0 saturated heterocycles. The maximum absolute atomic E-state index is 13.4. The van der Waals surface area contributed by atoms with E-state index >= 15 is 0 Å². The first kappa shape index (κ1) is 12.7. The van der Waals surface area contributed by atoms with Crippen LogP contribution in [0.3, 0.4) is 0 Å². The molecule has 0 aliphatic rings. The molecule has 0 radical (unpaired) electrons. The molecule has 1 rings (SSSR count). The van der Waals surface area contributed by atoms with Crippen LogP contribution in [0.1, 0.15) is 33.6 Å². The van der Waals surface area contributed by atoms with E-state index in [1.807, 2.05) is 6.92 Å². The van der Waals surface area contributed by atoms with Gasteiger partial charge in [0, 0.05) is 0 Å². The molecule has 0 spiro atoms. The normalized spacial score (nSPS) is 11.6. The minimum atomic E-state index is -1.27. The zero-order valence-electron chi connectivity index (χ0n) is 9.68. The van der Waals surface area contributed by atoms with Gasteiger partial charge in [-0.05, 0) is 32.4 Å². The second kappa shape index (κ2) is 4.68.